The highest BCUT2D eigenvalue weighted by molar-refractivity contribution is 4.65. The van der Waals surface area contributed by atoms with Crippen LogP contribution in [0.15, 0.2) is 0 Å². The molecular weight excluding hydrogens is 138 g/mol. The maximum atomic E-state index is 5.27. The maximum Gasteiger partial charge on any atom is 0.0469 e. The van der Waals surface area contributed by atoms with Crippen LogP contribution in [0.4, 0.5) is 0 Å². The number of hydrogen-bond donors (Lipinski definition) is 1. The monoisotopic (exact) mass is 159 g/mol. The summed E-state index contributed by atoms with van der Waals surface area (Å²) >= 11 is 0. The molecule has 68 valence electrons. The van der Waals surface area contributed by atoms with Gasteiger partial charge in [0, 0.05) is 19.3 Å². The third kappa shape index (κ3) is 5.22. The van der Waals surface area contributed by atoms with Crippen LogP contribution in [0.3, 0.4) is 0 Å². The molecule has 0 aliphatic heterocycles. The molecule has 0 saturated carbocycles. The fourth-order valence-corrected chi connectivity index (χ4v) is 0.948. The zero-order chi connectivity index (χ0) is 8.69. The smallest absolute Gasteiger partial charge is 0.0469 e. The van der Waals surface area contributed by atoms with Crippen LogP contribution in [0.2, 0.25) is 0 Å². The van der Waals surface area contributed by atoms with Gasteiger partial charge in [-0.3, -0.25) is 0 Å². The second kappa shape index (κ2) is 6.62. The van der Waals surface area contributed by atoms with E-state index in [2.05, 4.69) is 19.2 Å². The summed E-state index contributed by atoms with van der Waals surface area (Å²) in [5.41, 5.74) is 0. The lowest BCUT2D eigenvalue weighted by molar-refractivity contribution is 0.129. The lowest BCUT2D eigenvalue weighted by atomic mass is 10.0. The summed E-state index contributed by atoms with van der Waals surface area (Å²) in [5.74, 6) is 0.701. The molecule has 2 unspecified atom stereocenters. The molecule has 0 fully saturated rings. The van der Waals surface area contributed by atoms with E-state index < -0.39 is 0 Å². The van der Waals surface area contributed by atoms with Gasteiger partial charge in [0.15, 0.2) is 0 Å². The summed E-state index contributed by atoms with van der Waals surface area (Å²) in [6, 6.07) is 0.593. The largest absolute Gasteiger partial charge is 0.382 e. The number of nitrogens with one attached hydrogen (secondary N) is 1. The molecule has 0 rings (SSSR count). The van der Waals surface area contributed by atoms with Crippen LogP contribution in [0.5, 0.6) is 0 Å². The third-order valence-electron chi connectivity index (χ3n) is 2.23. The van der Waals surface area contributed by atoms with Crippen molar-refractivity contribution < 1.29 is 4.74 Å². The minimum absolute atomic E-state index is 0.593. The fraction of sp³-hybridized carbons (Fsp3) is 1.00. The van der Waals surface area contributed by atoms with Crippen molar-refractivity contribution in [1.29, 1.82) is 0 Å². The van der Waals surface area contributed by atoms with E-state index in [4.69, 9.17) is 4.74 Å². The minimum Gasteiger partial charge on any atom is -0.382 e. The Labute approximate surface area is 70.3 Å². The van der Waals surface area contributed by atoms with Gasteiger partial charge in [0.2, 0.25) is 0 Å². The van der Waals surface area contributed by atoms with Crippen LogP contribution in [-0.2, 0) is 4.74 Å². The summed E-state index contributed by atoms with van der Waals surface area (Å²) in [5, 5.41) is 3.24. The first-order chi connectivity index (χ1) is 5.22. The molecule has 0 bridgehead atoms. The zero-order valence-electron chi connectivity index (χ0n) is 8.18. The molecule has 0 radical (unpaired) electrons. The average Bonchev–Trinajstić information content (AvgIpc) is 2.03. The molecule has 0 aromatic rings. The van der Waals surface area contributed by atoms with Crippen molar-refractivity contribution in [3.63, 3.8) is 0 Å². The second-order valence-corrected chi connectivity index (χ2v) is 3.04. The van der Waals surface area contributed by atoms with Crippen molar-refractivity contribution in [3.8, 4) is 0 Å². The minimum atomic E-state index is 0.593. The molecule has 0 saturated heterocycles. The lowest BCUT2D eigenvalue weighted by Crippen LogP contribution is -2.29. The van der Waals surface area contributed by atoms with Gasteiger partial charge in [-0.1, -0.05) is 6.92 Å². The number of ether oxygens (including phenoxy) is 1. The van der Waals surface area contributed by atoms with Gasteiger partial charge in [0.25, 0.3) is 0 Å². The Kier molecular flexibility index (Phi) is 6.57. The molecule has 1 N–H and O–H groups in total. The van der Waals surface area contributed by atoms with Crippen LogP contribution in [0.1, 0.15) is 27.2 Å². The quantitative estimate of drug-likeness (QED) is 0.595. The van der Waals surface area contributed by atoms with Gasteiger partial charge in [-0.15, -0.1) is 0 Å². The van der Waals surface area contributed by atoms with Crippen LogP contribution in [-0.4, -0.2) is 26.3 Å². The first kappa shape index (κ1) is 10.9. The standard InChI is InChI=1S/C9H21NO/c1-5-11-7-6-8(2)9(3)10-4/h8-10H,5-7H2,1-4H3. The van der Waals surface area contributed by atoms with Crippen LogP contribution < -0.4 is 5.32 Å². The van der Waals surface area contributed by atoms with E-state index in [0.29, 0.717) is 12.0 Å². The van der Waals surface area contributed by atoms with Gasteiger partial charge in [0.1, 0.15) is 0 Å². The van der Waals surface area contributed by atoms with Gasteiger partial charge < -0.3 is 10.1 Å². The molecule has 0 aromatic carbocycles. The highest BCUT2D eigenvalue weighted by Gasteiger charge is 2.08. The Morgan fingerprint density at radius 3 is 2.45 bits per heavy atom. The highest BCUT2D eigenvalue weighted by atomic mass is 16.5. The molecule has 2 nitrogen and oxygen atoms in total. The molecule has 0 spiro atoms. The van der Waals surface area contributed by atoms with Crippen LogP contribution >= 0.6 is 0 Å². The van der Waals surface area contributed by atoms with Gasteiger partial charge in [-0.05, 0) is 33.2 Å². The van der Waals surface area contributed by atoms with E-state index >= 15 is 0 Å². The lowest BCUT2D eigenvalue weighted by Gasteiger charge is -2.18. The SMILES string of the molecule is CCOCCC(C)C(C)NC. The van der Waals surface area contributed by atoms with Crippen LogP contribution in [0.25, 0.3) is 0 Å². The third-order valence-corrected chi connectivity index (χ3v) is 2.23. The van der Waals surface area contributed by atoms with E-state index in [1.165, 1.54) is 0 Å². The second-order valence-electron chi connectivity index (χ2n) is 3.04. The fourth-order valence-electron chi connectivity index (χ4n) is 0.948. The normalized spacial score (nSPS) is 16.4. The molecule has 0 aliphatic rings. The molecule has 11 heavy (non-hydrogen) atoms. The predicted molar refractivity (Wildman–Crippen MR) is 48.8 cm³/mol. The maximum absolute atomic E-state index is 5.27. The summed E-state index contributed by atoms with van der Waals surface area (Å²) in [6.07, 6.45) is 1.15. The molecule has 0 heterocycles. The van der Waals surface area contributed by atoms with Crippen molar-refractivity contribution in [1.82, 2.24) is 5.32 Å². The summed E-state index contributed by atoms with van der Waals surface area (Å²) in [4.78, 5) is 0. The topological polar surface area (TPSA) is 21.3 Å². The Morgan fingerprint density at radius 1 is 1.36 bits per heavy atom. The van der Waals surface area contributed by atoms with E-state index in [0.717, 1.165) is 19.6 Å². The van der Waals surface area contributed by atoms with Gasteiger partial charge in [0.05, 0.1) is 0 Å². The van der Waals surface area contributed by atoms with Crippen molar-refractivity contribution >= 4 is 0 Å². The van der Waals surface area contributed by atoms with E-state index in [1.54, 1.807) is 0 Å². The molecule has 2 atom stereocenters. The van der Waals surface area contributed by atoms with E-state index in [-0.39, 0.29) is 0 Å². The van der Waals surface area contributed by atoms with E-state index in [9.17, 15) is 0 Å². The van der Waals surface area contributed by atoms with Gasteiger partial charge in [-0.25, -0.2) is 0 Å². The van der Waals surface area contributed by atoms with Gasteiger partial charge >= 0.3 is 0 Å². The highest BCUT2D eigenvalue weighted by Crippen LogP contribution is 2.06. The van der Waals surface area contributed by atoms with Gasteiger partial charge in [-0.2, -0.15) is 0 Å². The first-order valence-electron chi connectivity index (χ1n) is 4.47. The van der Waals surface area contributed by atoms with Crippen molar-refractivity contribution in [2.45, 2.75) is 33.2 Å². The average molecular weight is 159 g/mol. The zero-order valence-corrected chi connectivity index (χ0v) is 8.18. The number of hydrogen-bond acceptors (Lipinski definition) is 2. The van der Waals surface area contributed by atoms with E-state index in [1.807, 2.05) is 14.0 Å². The predicted octanol–water partition coefficient (Wildman–Crippen LogP) is 1.66. The molecular formula is C9H21NO. The first-order valence-corrected chi connectivity index (χ1v) is 4.47. The summed E-state index contributed by atoms with van der Waals surface area (Å²) in [6.45, 7) is 8.22. The molecule has 2 heteroatoms. The Bertz CT molecular complexity index is 85.6. The number of rotatable bonds is 6. The van der Waals surface area contributed by atoms with Crippen molar-refractivity contribution in [2.75, 3.05) is 20.3 Å². The Hall–Kier alpha value is -0.0800. The summed E-state index contributed by atoms with van der Waals surface area (Å²) < 4.78 is 5.27. The van der Waals surface area contributed by atoms with Crippen LogP contribution in [0, 0.1) is 5.92 Å². The Balaban J connectivity index is 3.28. The molecule has 0 amide bonds. The molecule has 0 aromatic heterocycles. The Morgan fingerprint density at radius 2 is 2.00 bits per heavy atom. The van der Waals surface area contributed by atoms with Crippen molar-refractivity contribution in [3.05, 3.63) is 0 Å². The molecule has 0 aliphatic carbocycles. The summed E-state index contributed by atoms with van der Waals surface area (Å²) in [7, 11) is 2.00. The van der Waals surface area contributed by atoms with Crippen molar-refractivity contribution in [2.24, 2.45) is 5.92 Å².